The van der Waals surface area contributed by atoms with E-state index >= 15 is 0 Å². The third kappa shape index (κ3) is 4.76. The van der Waals surface area contributed by atoms with Crippen molar-refractivity contribution in [2.24, 2.45) is 5.41 Å². The minimum Gasteiger partial charge on any atom is -0.463 e. The summed E-state index contributed by atoms with van der Waals surface area (Å²) in [5.41, 5.74) is 3.06. The predicted octanol–water partition coefficient (Wildman–Crippen LogP) is 4.39. The largest absolute Gasteiger partial charge is 0.463 e. The summed E-state index contributed by atoms with van der Waals surface area (Å²) in [5, 5.41) is 9.43. The van der Waals surface area contributed by atoms with Crippen molar-refractivity contribution < 1.29 is 18.7 Å². The lowest BCUT2D eigenvalue weighted by molar-refractivity contribution is -0.121. The number of hydrogen-bond acceptors (Lipinski definition) is 9. The quantitative estimate of drug-likeness (QED) is 0.402. The maximum atomic E-state index is 14.2. The molecule has 0 saturated carbocycles. The Hall–Kier alpha value is -3.57. The fourth-order valence-electron chi connectivity index (χ4n) is 4.13. The number of halogens is 1. The number of hydrogen-bond donors (Lipinski definition) is 3. The van der Waals surface area contributed by atoms with Gasteiger partial charge in [-0.1, -0.05) is 13.5 Å². The molecule has 0 spiro atoms. The lowest BCUT2D eigenvalue weighted by Crippen LogP contribution is -2.44. The van der Waals surface area contributed by atoms with Gasteiger partial charge in [0.2, 0.25) is 5.95 Å². The monoisotopic (exact) mass is 510 g/mol. The number of nitrogens with zero attached hydrogens (tertiary/aromatic N) is 3. The van der Waals surface area contributed by atoms with E-state index in [4.69, 9.17) is 9.47 Å². The Morgan fingerprint density at radius 2 is 2.14 bits per heavy atom. The Kier molecular flexibility index (Phi) is 6.35. The molecule has 5 rings (SSSR count). The van der Waals surface area contributed by atoms with Crippen molar-refractivity contribution in [1.82, 2.24) is 20.3 Å². The van der Waals surface area contributed by atoms with E-state index in [9.17, 15) is 9.18 Å². The summed E-state index contributed by atoms with van der Waals surface area (Å²) in [5.74, 6) is -0.129. The molecular formula is C25H27FN6O3S. The van der Waals surface area contributed by atoms with Crippen molar-refractivity contribution in [1.29, 1.82) is 0 Å². The Morgan fingerprint density at radius 1 is 1.33 bits per heavy atom. The number of ether oxygens (including phenoxy) is 2. The molecule has 2 aliphatic heterocycles. The van der Waals surface area contributed by atoms with Crippen LogP contribution < -0.4 is 20.7 Å². The number of aromatic nitrogens is 3. The predicted molar refractivity (Wildman–Crippen MR) is 137 cm³/mol. The number of nitrogens with one attached hydrogen (secondary N) is 3. The minimum absolute atomic E-state index is 0.0147. The molecular weight excluding hydrogens is 483 g/mol. The summed E-state index contributed by atoms with van der Waals surface area (Å²) in [6.45, 7) is 12.0. The van der Waals surface area contributed by atoms with Crippen LogP contribution in [-0.2, 0) is 4.74 Å². The number of pyridine rings is 1. The molecule has 3 aromatic rings. The molecule has 0 bridgehead atoms. The van der Waals surface area contributed by atoms with Crippen LogP contribution >= 0.6 is 11.3 Å². The van der Waals surface area contributed by atoms with Crippen molar-refractivity contribution in [2.45, 2.75) is 26.8 Å². The number of carbonyl (C=O) groups excluding carboxylic acids is 1. The highest BCUT2D eigenvalue weighted by molar-refractivity contribution is 7.15. The van der Waals surface area contributed by atoms with E-state index in [1.807, 2.05) is 26.8 Å². The fourth-order valence-corrected chi connectivity index (χ4v) is 5.18. The van der Waals surface area contributed by atoms with Gasteiger partial charge in [-0.3, -0.25) is 4.79 Å². The second-order valence-corrected chi connectivity index (χ2v) is 10.6. The Morgan fingerprint density at radius 3 is 2.86 bits per heavy atom. The Bertz CT molecular complexity index is 1340. The maximum absolute atomic E-state index is 14.2. The first kappa shape index (κ1) is 24.1. The fraction of sp³-hybridized carbons (Fsp3) is 0.360. The van der Waals surface area contributed by atoms with Gasteiger partial charge in [0, 0.05) is 40.1 Å². The highest BCUT2D eigenvalue weighted by atomic mass is 32.1. The molecule has 1 fully saturated rings. The van der Waals surface area contributed by atoms with Crippen molar-refractivity contribution in [3.05, 3.63) is 46.2 Å². The first-order valence-electron chi connectivity index (χ1n) is 11.6. The van der Waals surface area contributed by atoms with Crippen molar-refractivity contribution >= 4 is 40.6 Å². The average Bonchev–Trinajstić information content (AvgIpc) is 3.08. The molecule has 3 N–H and O–H groups in total. The van der Waals surface area contributed by atoms with E-state index < -0.39 is 5.95 Å². The van der Waals surface area contributed by atoms with Gasteiger partial charge in [0.25, 0.3) is 5.91 Å². The first-order valence-corrected chi connectivity index (χ1v) is 12.4. The number of aryl methyl sites for hydroxylation is 1. The molecule has 11 heteroatoms. The molecule has 1 saturated heterocycles. The van der Waals surface area contributed by atoms with E-state index in [1.165, 1.54) is 17.4 Å². The number of thiophene rings is 1. The van der Waals surface area contributed by atoms with Gasteiger partial charge in [-0.25, -0.2) is 4.98 Å². The minimum atomic E-state index is -0.715. The molecule has 1 amide bonds. The van der Waals surface area contributed by atoms with E-state index in [0.29, 0.717) is 42.8 Å². The van der Waals surface area contributed by atoms with E-state index in [1.54, 1.807) is 12.1 Å². The van der Waals surface area contributed by atoms with Crippen LogP contribution in [-0.4, -0.2) is 53.3 Å². The van der Waals surface area contributed by atoms with E-state index in [2.05, 4.69) is 37.5 Å². The molecule has 0 aliphatic carbocycles. The first-order chi connectivity index (χ1) is 17.2. The molecule has 3 aromatic heterocycles. The Labute approximate surface area is 212 Å². The molecule has 5 heterocycles. The van der Waals surface area contributed by atoms with Gasteiger partial charge in [0.15, 0.2) is 0 Å². The summed E-state index contributed by atoms with van der Waals surface area (Å²) in [4.78, 5) is 27.0. The van der Waals surface area contributed by atoms with E-state index in [-0.39, 0.29) is 29.2 Å². The van der Waals surface area contributed by atoms with Gasteiger partial charge < -0.3 is 25.4 Å². The topological polar surface area (TPSA) is 110 Å². The SMILES string of the molecule is C=Cc1nc(Nc2cc(F)nc(OCC3(C)COC3)n2)ccc1-c1c(C)sc2c1NC[C@@H](C)NC2=O. The number of rotatable bonds is 7. The summed E-state index contributed by atoms with van der Waals surface area (Å²) in [6, 6.07) is 4.82. The normalized spacial score (nSPS) is 18.2. The third-order valence-corrected chi connectivity index (χ3v) is 7.13. The average molecular weight is 511 g/mol. The van der Waals surface area contributed by atoms with Gasteiger partial charge in [-0.05, 0) is 32.1 Å². The standard InChI is InChI=1S/C25H27FN6O3S/c1-5-16-15(20-14(3)36-22-21(20)27-9-13(2)28-23(22)33)6-7-18(29-16)31-19-8-17(26)30-24(32-19)35-12-25(4)10-34-11-25/h5-8,13,27H,1,9-12H2,2-4H3,(H,28,33)(H,29,30,31,32)/t13-/m1/s1. The molecule has 9 nitrogen and oxygen atoms in total. The van der Waals surface area contributed by atoms with Crippen LogP contribution in [0.4, 0.5) is 21.7 Å². The molecule has 0 unspecified atom stereocenters. The lowest BCUT2D eigenvalue weighted by Gasteiger charge is -2.37. The smallest absolute Gasteiger partial charge is 0.321 e. The summed E-state index contributed by atoms with van der Waals surface area (Å²) in [7, 11) is 0. The molecule has 1 atom stereocenters. The summed E-state index contributed by atoms with van der Waals surface area (Å²) in [6.07, 6.45) is 1.65. The van der Waals surface area contributed by atoms with E-state index in [0.717, 1.165) is 21.7 Å². The molecule has 2 aliphatic rings. The number of fused-ring (bicyclic) bond motifs is 1. The molecule has 188 valence electrons. The van der Waals surface area contributed by atoms with Crippen LogP contribution in [0.25, 0.3) is 17.2 Å². The third-order valence-electron chi connectivity index (χ3n) is 6.02. The highest BCUT2D eigenvalue weighted by Gasteiger charge is 2.34. The second-order valence-electron chi connectivity index (χ2n) is 9.40. The highest BCUT2D eigenvalue weighted by Crippen LogP contribution is 2.43. The summed E-state index contributed by atoms with van der Waals surface area (Å²) >= 11 is 1.44. The zero-order valence-corrected chi connectivity index (χ0v) is 21.1. The van der Waals surface area contributed by atoms with Crippen molar-refractivity contribution in [2.75, 3.05) is 37.0 Å². The van der Waals surface area contributed by atoms with Crippen LogP contribution in [0, 0.1) is 18.3 Å². The van der Waals surface area contributed by atoms with Crippen LogP contribution in [0.15, 0.2) is 24.8 Å². The zero-order valence-electron chi connectivity index (χ0n) is 20.3. The molecule has 0 radical (unpaired) electrons. The van der Waals surface area contributed by atoms with Gasteiger partial charge in [0.1, 0.15) is 23.1 Å². The van der Waals surface area contributed by atoms with Crippen molar-refractivity contribution in [3.63, 3.8) is 0 Å². The van der Waals surface area contributed by atoms with Crippen LogP contribution in [0.3, 0.4) is 0 Å². The van der Waals surface area contributed by atoms with Crippen molar-refractivity contribution in [3.8, 4) is 17.1 Å². The number of anilines is 3. The van der Waals surface area contributed by atoms with Gasteiger partial charge in [0.05, 0.1) is 24.6 Å². The summed E-state index contributed by atoms with van der Waals surface area (Å²) < 4.78 is 25.0. The van der Waals surface area contributed by atoms with Gasteiger partial charge in [-0.15, -0.1) is 11.3 Å². The second kappa shape index (κ2) is 9.47. The number of amides is 1. The Balaban J connectivity index is 1.41. The van der Waals surface area contributed by atoms with Gasteiger partial charge >= 0.3 is 6.01 Å². The molecule has 36 heavy (non-hydrogen) atoms. The molecule has 0 aromatic carbocycles. The van der Waals surface area contributed by atoms with Crippen LogP contribution in [0.1, 0.15) is 34.1 Å². The van der Waals surface area contributed by atoms with Crippen LogP contribution in [0.5, 0.6) is 6.01 Å². The van der Waals surface area contributed by atoms with Crippen LogP contribution in [0.2, 0.25) is 0 Å². The lowest BCUT2D eigenvalue weighted by atomic mass is 9.90. The maximum Gasteiger partial charge on any atom is 0.321 e. The van der Waals surface area contributed by atoms with Gasteiger partial charge in [-0.2, -0.15) is 14.4 Å². The zero-order chi connectivity index (χ0) is 25.4. The number of carbonyl (C=O) groups is 1.